The van der Waals surface area contributed by atoms with Crippen LogP contribution in [0.2, 0.25) is 0 Å². The van der Waals surface area contributed by atoms with Gasteiger partial charge in [0.05, 0.1) is 6.10 Å². The number of ether oxygens (including phenoxy) is 2. The summed E-state index contributed by atoms with van der Waals surface area (Å²) in [6.45, 7) is 0.373. The van der Waals surface area contributed by atoms with Crippen molar-refractivity contribution in [3.05, 3.63) is 42.5 Å². The SMILES string of the molecule is O=S(=O)(OS1(c2cccc3ccccc23)CCC(OC2CCCO2)C1)C(F)(F)C(F)(F)C(F)(F)C(F)(F)F. The molecule has 2 aliphatic heterocycles. The summed E-state index contributed by atoms with van der Waals surface area (Å²) >= 11 is 0. The molecule has 214 valence electrons. The maximum absolute atomic E-state index is 14.6. The van der Waals surface area contributed by atoms with E-state index in [2.05, 4.69) is 0 Å². The largest absolute Gasteiger partial charge is 0.460 e. The zero-order valence-corrected chi connectivity index (χ0v) is 20.8. The van der Waals surface area contributed by atoms with Gasteiger partial charge in [-0.25, -0.2) is 3.63 Å². The molecule has 0 N–H and O–H groups in total. The van der Waals surface area contributed by atoms with Crippen LogP contribution < -0.4 is 0 Å². The second kappa shape index (κ2) is 9.71. The summed E-state index contributed by atoms with van der Waals surface area (Å²) < 4.78 is 163. The smallest absolute Gasteiger partial charge is 0.353 e. The standard InChI is InChI=1S/C22H21F9O5S2/c23-19(24,21(27,28)29)20(25,26)22(30,31)38(32,33)36-37(12-10-15(13-37)35-18-9-4-11-34-18)17-8-3-6-14-5-1-2-7-16(14)17/h1-3,5-8,15,18H,4,9-13H2. The molecule has 2 heterocycles. The monoisotopic (exact) mass is 600 g/mol. The van der Waals surface area contributed by atoms with Crippen LogP contribution in [0.15, 0.2) is 47.4 Å². The van der Waals surface area contributed by atoms with E-state index in [-0.39, 0.29) is 17.1 Å². The molecule has 2 aromatic carbocycles. The van der Waals surface area contributed by atoms with Gasteiger partial charge in [0.2, 0.25) is 0 Å². The van der Waals surface area contributed by atoms with Crippen LogP contribution >= 0.6 is 10.3 Å². The van der Waals surface area contributed by atoms with E-state index in [0.717, 1.165) is 0 Å². The number of halogens is 9. The quantitative estimate of drug-likeness (QED) is 0.319. The van der Waals surface area contributed by atoms with E-state index in [0.29, 0.717) is 30.2 Å². The van der Waals surface area contributed by atoms with Crippen LogP contribution in [-0.2, 0) is 23.2 Å². The zero-order chi connectivity index (χ0) is 28.2. The Morgan fingerprint density at radius 1 is 0.868 bits per heavy atom. The average Bonchev–Trinajstić information content (AvgIpc) is 3.48. The van der Waals surface area contributed by atoms with Crippen molar-refractivity contribution >= 4 is 31.2 Å². The zero-order valence-electron chi connectivity index (χ0n) is 19.2. The first-order chi connectivity index (χ1) is 17.5. The molecule has 2 saturated heterocycles. The summed E-state index contributed by atoms with van der Waals surface area (Å²) in [5.41, 5.74) is 0. The molecule has 2 aromatic rings. The van der Waals surface area contributed by atoms with Crippen LogP contribution in [0, 0.1) is 0 Å². The summed E-state index contributed by atoms with van der Waals surface area (Å²) in [4.78, 5) is 0.0133. The maximum Gasteiger partial charge on any atom is 0.460 e. The highest BCUT2D eigenvalue weighted by molar-refractivity contribution is 8.33. The van der Waals surface area contributed by atoms with E-state index in [1.54, 1.807) is 18.2 Å². The van der Waals surface area contributed by atoms with Crippen molar-refractivity contribution in [1.29, 1.82) is 0 Å². The highest BCUT2D eigenvalue weighted by Crippen LogP contribution is 2.66. The summed E-state index contributed by atoms with van der Waals surface area (Å²) in [5, 5.41) is -6.16. The van der Waals surface area contributed by atoms with Crippen molar-refractivity contribution in [2.75, 3.05) is 18.1 Å². The van der Waals surface area contributed by atoms with Crippen molar-refractivity contribution in [3.63, 3.8) is 0 Å². The molecule has 0 aromatic heterocycles. The van der Waals surface area contributed by atoms with Gasteiger partial charge in [-0.2, -0.15) is 47.9 Å². The third-order valence-electron chi connectivity index (χ3n) is 6.26. The van der Waals surface area contributed by atoms with Crippen LogP contribution in [0.1, 0.15) is 19.3 Å². The summed E-state index contributed by atoms with van der Waals surface area (Å²) in [6, 6.07) is 10.5. The molecule has 0 saturated carbocycles. The van der Waals surface area contributed by atoms with E-state index in [4.69, 9.17) is 13.1 Å². The Bertz CT molecular complexity index is 1270. The number of alkyl halides is 9. The molecular formula is C22H21F9O5S2. The molecule has 4 rings (SSSR count). The van der Waals surface area contributed by atoms with Crippen LogP contribution in [0.4, 0.5) is 39.5 Å². The van der Waals surface area contributed by atoms with E-state index in [1.807, 2.05) is 0 Å². The topological polar surface area (TPSA) is 61.8 Å². The summed E-state index contributed by atoms with van der Waals surface area (Å²) in [6.07, 6.45) is -7.61. The predicted molar refractivity (Wildman–Crippen MR) is 119 cm³/mol. The van der Waals surface area contributed by atoms with Crippen LogP contribution in [-0.4, -0.2) is 62.2 Å². The molecule has 3 atom stereocenters. The molecule has 0 spiro atoms. The second-order valence-corrected chi connectivity index (χ2v) is 13.6. The van der Waals surface area contributed by atoms with Gasteiger partial charge in [-0.1, -0.05) is 46.7 Å². The highest BCUT2D eigenvalue weighted by atomic mass is 32.3. The Morgan fingerprint density at radius 2 is 1.53 bits per heavy atom. The van der Waals surface area contributed by atoms with Crippen molar-refractivity contribution in [1.82, 2.24) is 0 Å². The Balaban J connectivity index is 1.78. The lowest BCUT2D eigenvalue weighted by atomic mass is 10.1. The van der Waals surface area contributed by atoms with Gasteiger partial charge in [-0.15, -0.1) is 0 Å². The van der Waals surface area contributed by atoms with Crippen LogP contribution in [0.3, 0.4) is 0 Å². The van der Waals surface area contributed by atoms with Crippen molar-refractivity contribution in [3.8, 4) is 0 Å². The van der Waals surface area contributed by atoms with Crippen molar-refractivity contribution < 1.29 is 61.0 Å². The number of benzene rings is 2. The first kappa shape index (κ1) is 29.2. The Hall–Kier alpha value is -1.75. The molecule has 0 amide bonds. The molecule has 16 heteroatoms. The van der Waals surface area contributed by atoms with E-state index < -0.39 is 61.8 Å². The number of fused-ring (bicyclic) bond motifs is 1. The lowest BCUT2D eigenvalue weighted by Gasteiger charge is -2.39. The van der Waals surface area contributed by atoms with Gasteiger partial charge in [-0.05, 0) is 29.7 Å². The Labute approximate surface area is 212 Å². The molecular weight excluding hydrogens is 579 g/mol. The van der Waals surface area contributed by atoms with E-state index in [1.165, 1.54) is 24.3 Å². The van der Waals surface area contributed by atoms with Crippen molar-refractivity contribution in [2.45, 2.75) is 59.8 Å². The summed E-state index contributed by atoms with van der Waals surface area (Å²) in [7, 11) is -10.6. The van der Waals surface area contributed by atoms with Gasteiger partial charge < -0.3 is 9.47 Å². The minimum absolute atomic E-state index is 0.00535. The molecule has 2 fully saturated rings. The minimum Gasteiger partial charge on any atom is -0.353 e. The van der Waals surface area contributed by atoms with Gasteiger partial charge in [0, 0.05) is 29.4 Å². The fraction of sp³-hybridized carbons (Fsp3) is 0.545. The predicted octanol–water partition coefficient (Wildman–Crippen LogP) is 6.62. The minimum atomic E-state index is -7.39. The van der Waals surface area contributed by atoms with Crippen LogP contribution in [0.25, 0.3) is 10.8 Å². The maximum atomic E-state index is 14.6. The van der Waals surface area contributed by atoms with E-state index >= 15 is 0 Å². The van der Waals surface area contributed by atoms with Gasteiger partial charge in [0.1, 0.15) is 0 Å². The Kier molecular flexibility index (Phi) is 7.47. The van der Waals surface area contributed by atoms with Gasteiger partial charge in [0.25, 0.3) is 0 Å². The lowest BCUT2D eigenvalue weighted by Crippen LogP contribution is -2.63. The van der Waals surface area contributed by atoms with Crippen molar-refractivity contribution in [2.24, 2.45) is 0 Å². The number of rotatable bonds is 8. The molecule has 3 unspecified atom stereocenters. The molecule has 38 heavy (non-hydrogen) atoms. The highest BCUT2D eigenvalue weighted by Gasteiger charge is 2.86. The fourth-order valence-electron chi connectivity index (χ4n) is 4.32. The Morgan fingerprint density at radius 3 is 2.16 bits per heavy atom. The molecule has 0 aliphatic carbocycles. The lowest BCUT2D eigenvalue weighted by molar-refractivity contribution is -0.382. The molecule has 0 radical (unpaired) electrons. The third-order valence-corrected chi connectivity index (χ3v) is 11.9. The molecule has 2 aliphatic rings. The molecule has 5 nitrogen and oxygen atoms in total. The van der Waals surface area contributed by atoms with E-state index in [9.17, 15) is 47.9 Å². The second-order valence-electron chi connectivity index (χ2n) is 8.83. The molecule has 0 bridgehead atoms. The van der Waals surface area contributed by atoms with Gasteiger partial charge in [-0.3, -0.25) is 0 Å². The van der Waals surface area contributed by atoms with Gasteiger partial charge >= 0.3 is 33.4 Å². The third kappa shape index (κ3) is 4.75. The van der Waals surface area contributed by atoms with Gasteiger partial charge in [0.15, 0.2) is 6.29 Å². The average molecular weight is 601 g/mol. The number of hydrogen-bond acceptors (Lipinski definition) is 5. The fourth-order valence-corrected chi connectivity index (χ4v) is 10.2. The normalized spacial score (nSPS) is 27.5. The first-order valence-electron chi connectivity index (χ1n) is 11.1. The summed E-state index contributed by atoms with van der Waals surface area (Å²) in [5.74, 6) is -15.5. The first-order valence-corrected chi connectivity index (χ1v) is 14.4. The van der Waals surface area contributed by atoms with Crippen LogP contribution in [0.5, 0.6) is 0 Å². The number of hydrogen-bond donors (Lipinski definition) is 0.